The summed E-state index contributed by atoms with van der Waals surface area (Å²) in [7, 11) is 3.69. The molecule has 0 spiro atoms. The van der Waals surface area contributed by atoms with Gasteiger partial charge in [0.2, 0.25) is 0 Å². The average molecular weight is 251 g/mol. The molecule has 0 bridgehead atoms. The monoisotopic (exact) mass is 251 g/mol. The minimum absolute atomic E-state index is 0.512. The van der Waals surface area contributed by atoms with Crippen molar-refractivity contribution in [1.82, 2.24) is 5.32 Å². The van der Waals surface area contributed by atoms with Crippen LogP contribution in [0.4, 0.5) is 0 Å². The number of rotatable bonds is 9. The highest BCUT2D eigenvalue weighted by Gasteiger charge is 2.10. The van der Waals surface area contributed by atoms with Crippen molar-refractivity contribution in [2.45, 2.75) is 19.3 Å². The van der Waals surface area contributed by atoms with Gasteiger partial charge in [-0.3, -0.25) is 0 Å². The van der Waals surface area contributed by atoms with E-state index in [1.165, 1.54) is 11.1 Å². The molecule has 1 aromatic rings. The summed E-state index contributed by atoms with van der Waals surface area (Å²) in [6.07, 6.45) is 1.04. The largest absolute Gasteiger partial charge is 0.382 e. The van der Waals surface area contributed by atoms with Crippen molar-refractivity contribution in [2.75, 3.05) is 40.5 Å². The molecular formula is C15H25NO2. The predicted molar refractivity (Wildman–Crippen MR) is 75.2 cm³/mol. The quantitative estimate of drug-likeness (QED) is 0.683. The molecule has 1 unspecified atom stereocenters. The highest BCUT2D eigenvalue weighted by Crippen LogP contribution is 2.20. The van der Waals surface area contributed by atoms with Gasteiger partial charge in [0.15, 0.2) is 0 Å². The van der Waals surface area contributed by atoms with Crippen LogP contribution in [0.1, 0.15) is 23.5 Å². The van der Waals surface area contributed by atoms with Crippen LogP contribution in [0.5, 0.6) is 0 Å². The van der Waals surface area contributed by atoms with E-state index in [-0.39, 0.29) is 0 Å². The smallest absolute Gasteiger partial charge is 0.0700 e. The van der Waals surface area contributed by atoms with E-state index < -0.39 is 0 Å². The van der Waals surface area contributed by atoms with E-state index in [2.05, 4.69) is 36.5 Å². The van der Waals surface area contributed by atoms with E-state index >= 15 is 0 Å². The van der Waals surface area contributed by atoms with Crippen molar-refractivity contribution in [1.29, 1.82) is 0 Å². The lowest BCUT2D eigenvalue weighted by molar-refractivity contribution is 0.0670. The molecule has 1 rings (SSSR count). The van der Waals surface area contributed by atoms with E-state index in [1.807, 2.05) is 7.05 Å². The van der Waals surface area contributed by atoms with Crippen LogP contribution in [-0.2, 0) is 9.47 Å². The van der Waals surface area contributed by atoms with E-state index in [4.69, 9.17) is 9.47 Å². The number of benzene rings is 1. The average Bonchev–Trinajstić information content (AvgIpc) is 2.37. The topological polar surface area (TPSA) is 30.5 Å². The van der Waals surface area contributed by atoms with Gasteiger partial charge in [-0.25, -0.2) is 0 Å². The van der Waals surface area contributed by atoms with Crippen LogP contribution >= 0.6 is 0 Å². The Kier molecular flexibility index (Phi) is 7.65. The summed E-state index contributed by atoms with van der Waals surface area (Å²) in [4.78, 5) is 0. The number of hydrogen-bond acceptors (Lipinski definition) is 3. The van der Waals surface area contributed by atoms with Gasteiger partial charge in [0, 0.05) is 20.3 Å². The standard InChI is InChI=1S/C15H25NO2/c1-13-5-4-6-14(11-13)15(12-16-2)7-8-18-10-9-17-3/h4-6,11,15-16H,7-10,12H2,1-3H3. The first-order valence-electron chi connectivity index (χ1n) is 6.55. The molecule has 0 aliphatic rings. The maximum Gasteiger partial charge on any atom is 0.0700 e. The Morgan fingerprint density at radius 3 is 2.72 bits per heavy atom. The van der Waals surface area contributed by atoms with E-state index in [1.54, 1.807) is 7.11 Å². The maximum atomic E-state index is 5.55. The molecule has 0 heterocycles. The van der Waals surface area contributed by atoms with Crippen LogP contribution in [0.2, 0.25) is 0 Å². The van der Waals surface area contributed by atoms with Gasteiger partial charge in [0.1, 0.15) is 0 Å². The fraction of sp³-hybridized carbons (Fsp3) is 0.600. The van der Waals surface area contributed by atoms with Crippen LogP contribution in [0.15, 0.2) is 24.3 Å². The molecule has 0 radical (unpaired) electrons. The second-order valence-corrected chi connectivity index (χ2v) is 4.56. The zero-order valence-electron chi connectivity index (χ0n) is 11.7. The van der Waals surface area contributed by atoms with Gasteiger partial charge in [-0.05, 0) is 31.9 Å². The van der Waals surface area contributed by atoms with E-state index in [0.29, 0.717) is 19.1 Å². The minimum Gasteiger partial charge on any atom is -0.382 e. The number of nitrogens with one attached hydrogen (secondary N) is 1. The van der Waals surface area contributed by atoms with Gasteiger partial charge in [0.25, 0.3) is 0 Å². The molecule has 0 amide bonds. The molecule has 1 N–H and O–H groups in total. The summed E-state index contributed by atoms with van der Waals surface area (Å²) < 4.78 is 10.5. The summed E-state index contributed by atoms with van der Waals surface area (Å²) in [5.41, 5.74) is 2.70. The molecule has 1 atom stereocenters. The van der Waals surface area contributed by atoms with Gasteiger partial charge >= 0.3 is 0 Å². The molecule has 18 heavy (non-hydrogen) atoms. The van der Waals surface area contributed by atoms with Gasteiger partial charge < -0.3 is 14.8 Å². The Balaban J connectivity index is 2.44. The van der Waals surface area contributed by atoms with Crippen molar-refractivity contribution >= 4 is 0 Å². The SMILES string of the molecule is CNCC(CCOCCOC)c1cccc(C)c1. The first-order valence-corrected chi connectivity index (χ1v) is 6.55. The molecule has 0 fully saturated rings. The van der Waals surface area contributed by atoms with Gasteiger partial charge in [0.05, 0.1) is 13.2 Å². The number of hydrogen-bond donors (Lipinski definition) is 1. The van der Waals surface area contributed by atoms with Crippen LogP contribution < -0.4 is 5.32 Å². The Labute approximate surface area is 110 Å². The maximum absolute atomic E-state index is 5.55. The molecule has 0 aromatic heterocycles. The zero-order chi connectivity index (χ0) is 13.2. The van der Waals surface area contributed by atoms with Crippen molar-refractivity contribution < 1.29 is 9.47 Å². The number of methoxy groups -OCH3 is 1. The van der Waals surface area contributed by atoms with Crippen LogP contribution in [-0.4, -0.2) is 40.5 Å². The molecule has 102 valence electrons. The molecule has 3 heteroatoms. The van der Waals surface area contributed by atoms with Crippen molar-refractivity contribution in [3.63, 3.8) is 0 Å². The highest BCUT2D eigenvalue weighted by atomic mass is 16.5. The van der Waals surface area contributed by atoms with E-state index in [9.17, 15) is 0 Å². The summed E-state index contributed by atoms with van der Waals surface area (Å²) in [5.74, 6) is 0.512. The first kappa shape index (κ1) is 15.2. The summed E-state index contributed by atoms with van der Waals surface area (Å²) in [5, 5.41) is 3.26. The fourth-order valence-corrected chi connectivity index (χ4v) is 2.03. The third-order valence-electron chi connectivity index (χ3n) is 3.01. The third kappa shape index (κ3) is 5.63. The minimum atomic E-state index is 0.512. The summed E-state index contributed by atoms with van der Waals surface area (Å²) >= 11 is 0. The van der Waals surface area contributed by atoms with E-state index in [0.717, 1.165) is 19.6 Å². The Morgan fingerprint density at radius 1 is 1.22 bits per heavy atom. The number of likely N-dealkylation sites (N-methyl/N-ethyl adjacent to an activating group) is 1. The summed E-state index contributed by atoms with van der Waals surface area (Å²) in [6, 6.07) is 8.72. The van der Waals surface area contributed by atoms with Crippen molar-refractivity contribution in [2.24, 2.45) is 0 Å². The first-order chi connectivity index (χ1) is 8.77. The van der Waals surface area contributed by atoms with Crippen LogP contribution in [0, 0.1) is 6.92 Å². The molecule has 1 aromatic carbocycles. The van der Waals surface area contributed by atoms with Gasteiger partial charge in [-0.1, -0.05) is 29.8 Å². The second kappa shape index (κ2) is 9.09. The van der Waals surface area contributed by atoms with Crippen molar-refractivity contribution in [3.8, 4) is 0 Å². The fourth-order valence-electron chi connectivity index (χ4n) is 2.03. The predicted octanol–water partition coefficient (Wildman–Crippen LogP) is 2.35. The lowest BCUT2D eigenvalue weighted by atomic mass is 9.95. The number of ether oxygens (including phenoxy) is 2. The summed E-state index contributed by atoms with van der Waals surface area (Å²) in [6.45, 7) is 5.24. The molecule has 0 saturated carbocycles. The molecular weight excluding hydrogens is 226 g/mol. The lowest BCUT2D eigenvalue weighted by Gasteiger charge is -2.17. The molecule has 0 saturated heterocycles. The molecule has 3 nitrogen and oxygen atoms in total. The number of aryl methyl sites for hydroxylation is 1. The normalized spacial score (nSPS) is 12.6. The zero-order valence-corrected chi connectivity index (χ0v) is 11.7. The van der Waals surface area contributed by atoms with Crippen molar-refractivity contribution in [3.05, 3.63) is 35.4 Å². The van der Waals surface area contributed by atoms with Crippen LogP contribution in [0.25, 0.3) is 0 Å². The Hall–Kier alpha value is -0.900. The third-order valence-corrected chi connectivity index (χ3v) is 3.01. The Morgan fingerprint density at radius 2 is 2.06 bits per heavy atom. The van der Waals surface area contributed by atoms with Gasteiger partial charge in [-0.2, -0.15) is 0 Å². The Bertz CT molecular complexity index is 328. The highest BCUT2D eigenvalue weighted by molar-refractivity contribution is 5.25. The lowest BCUT2D eigenvalue weighted by Crippen LogP contribution is -2.19. The van der Waals surface area contributed by atoms with Crippen LogP contribution in [0.3, 0.4) is 0 Å². The van der Waals surface area contributed by atoms with Gasteiger partial charge in [-0.15, -0.1) is 0 Å². The molecule has 0 aliphatic heterocycles. The molecule has 0 aliphatic carbocycles. The second-order valence-electron chi connectivity index (χ2n) is 4.56.